The summed E-state index contributed by atoms with van der Waals surface area (Å²) < 4.78 is 0. The van der Waals surface area contributed by atoms with Gasteiger partial charge in [0.15, 0.2) is 0 Å². The normalized spacial score (nSPS) is 26.3. The lowest BCUT2D eigenvalue weighted by Gasteiger charge is -2.48. The van der Waals surface area contributed by atoms with E-state index in [9.17, 15) is 0 Å². The van der Waals surface area contributed by atoms with E-state index in [2.05, 4.69) is 49.1 Å². The minimum atomic E-state index is 0.829. The lowest BCUT2D eigenvalue weighted by molar-refractivity contribution is 0.00271. The summed E-state index contributed by atoms with van der Waals surface area (Å²) in [6.07, 6.45) is 3.99. The average Bonchev–Trinajstić information content (AvgIpc) is 2.27. The predicted octanol–water partition coefficient (Wildman–Crippen LogP) is 3.45. The van der Waals surface area contributed by atoms with E-state index in [1.54, 1.807) is 0 Å². The topological polar surface area (TPSA) is 3.24 Å². The monoisotopic (exact) mass is 203 g/mol. The maximum atomic E-state index is 2.66. The molecule has 0 saturated carbocycles. The molecular weight excluding hydrogens is 182 g/mol. The number of rotatable bonds is 4. The summed E-state index contributed by atoms with van der Waals surface area (Å²) in [5, 5.41) is 0. The number of hydrogen-bond acceptors (Lipinski definition) is 1. The number of benzene rings is 1. The molecule has 1 aliphatic rings. The molecule has 0 amide bonds. The molecule has 0 N–H and O–H groups in total. The molecule has 1 aromatic carbocycles. The predicted molar refractivity (Wildman–Crippen MR) is 64.8 cm³/mol. The molecule has 0 spiro atoms. The lowest BCUT2D eigenvalue weighted by Crippen LogP contribution is -2.54. The van der Waals surface area contributed by atoms with Crippen LogP contribution in [0.5, 0.6) is 0 Å². The van der Waals surface area contributed by atoms with Crippen LogP contribution in [-0.2, 0) is 6.54 Å². The fourth-order valence-corrected chi connectivity index (χ4v) is 2.60. The molecule has 15 heavy (non-hydrogen) atoms. The van der Waals surface area contributed by atoms with Gasteiger partial charge in [0.25, 0.3) is 0 Å². The van der Waals surface area contributed by atoms with Crippen LogP contribution in [0, 0.1) is 0 Å². The highest BCUT2D eigenvalue weighted by Crippen LogP contribution is 2.31. The average molecular weight is 203 g/mol. The van der Waals surface area contributed by atoms with E-state index in [1.165, 1.54) is 24.8 Å². The van der Waals surface area contributed by atoms with Crippen LogP contribution in [0.2, 0.25) is 0 Å². The Morgan fingerprint density at radius 1 is 1.07 bits per heavy atom. The molecule has 1 aromatic rings. The van der Waals surface area contributed by atoms with Gasteiger partial charge in [0.05, 0.1) is 0 Å². The highest BCUT2D eigenvalue weighted by molar-refractivity contribution is 5.15. The highest BCUT2D eigenvalue weighted by Gasteiger charge is 2.35. The summed E-state index contributed by atoms with van der Waals surface area (Å²) in [5.74, 6) is 0. The van der Waals surface area contributed by atoms with Crippen molar-refractivity contribution in [3.63, 3.8) is 0 Å². The number of likely N-dealkylation sites (tertiary alicyclic amines) is 1. The van der Waals surface area contributed by atoms with Crippen molar-refractivity contribution in [1.29, 1.82) is 0 Å². The molecule has 82 valence electrons. The Labute approximate surface area is 93.1 Å². The summed E-state index contributed by atoms with van der Waals surface area (Å²) >= 11 is 0. The Kier molecular flexibility index (Phi) is 3.42. The van der Waals surface area contributed by atoms with Gasteiger partial charge in [-0.25, -0.2) is 0 Å². The second-order valence-electron chi connectivity index (χ2n) is 4.52. The highest BCUT2D eigenvalue weighted by atomic mass is 15.2. The van der Waals surface area contributed by atoms with E-state index in [-0.39, 0.29) is 0 Å². The van der Waals surface area contributed by atoms with Gasteiger partial charge >= 0.3 is 0 Å². The standard InChI is InChI=1S/C14H21N/c1-3-13-10-14(4-2)15(13)11-12-8-6-5-7-9-12/h5-9,13-14H,3-4,10-11H2,1-2H3/t13-,14-/m1/s1. The SMILES string of the molecule is CC[C@@H]1C[C@@H](CC)N1Cc1ccccc1. The molecule has 1 saturated heterocycles. The zero-order chi connectivity index (χ0) is 10.7. The van der Waals surface area contributed by atoms with Gasteiger partial charge < -0.3 is 0 Å². The molecule has 0 bridgehead atoms. The van der Waals surface area contributed by atoms with Crippen LogP contribution >= 0.6 is 0 Å². The maximum absolute atomic E-state index is 2.66. The Morgan fingerprint density at radius 3 is 2.20 bits per heavy atom. The van der Waals surface area contributed by atoms with Gasteiger partial charge in [-0.05, 0) is 24.8 Å². The molecule has 1 heteroatoms. The van der Waals surface area contributed by atoms with Gasteiger partial charge in [-0.1, -0.05) is 44.2 Å². The Hall–Kier alpha value is -0.820. The maximum Gasteiger partial charge on any atom is 0.0239 e. The number of hydrogen-bond donors (Lipinski definition) is 0. The van der Waals surface area contributed by atoms with Crippen molar-refractivity contribution in [1.82, 2.24) is 4.90 Å². The summed E-state index contributed by atoms with van der Waals surface area (Å²) in [4.78, 5) is 2.66. The Morgan fingerprint density at radius 2 is 1.67 bits per heavy atom. The fourth-order valence-electron chi connectivity index (χ4n) is 2.60. The third-order valence-corrected chi connectivity index (χ3v) is 3.63. The van der Waals surface area contributed by atoms with E-state index in [0.717, 1.165) is 18.6 Å². The largest absolute Gasteiger partial charge is 0.293 e. The zero-order valence-corrected chi connectivity index (χ0v) is 9.82. The second-order valence-corrected chi connectivity index (χ2v) is 4.52. The van der Waals surface area contributed by atoms with Crippen LogP contribution in [0.15, 0.2) is 30.3 Å². The third kappa shape index (κ3) is 2.23. The van der Waals surface area contributed by atoms with Gasteiger partial charge in [0.1, 0.15) is 0 Å². The molecule has 1 aliphatic heterocycles. The summed E-state index contributed by atoms with van der Waals surface area (Å²) in [6, 6.07) is 12.5. The second kappa shape index (κ2) is 4.80. The molecule has 0 aromatic heterocycles. The van der Waals surface area contributed by atoms with Crippen molar-refractivity contribution < 1.29 is 0 Å². The van der Waals surface area contributed by atoms with Crippen molar-refractivity contribution in [3.8, 4) is 0 Å². The summed E-state index contributed by atoms with van der Waals surface area (Å²) in [5.41, 5.74) is 1.45. The van der Waals surface area contributed by atoms with Crippen molar-refractivity contribution >= 4 is 0 Å². The van der Waals surface area contributed by atoms with Crippen molar-refractivity contribution in [2.24, 2.45) is 0 Å². The fraction of sp³-hybridized carbons (Fsp3) is 0.571. The molecule has 1 heterocycles. The summed E-state index contributed by atoms with van der Waals surface area (Å²) in [7, 11) is 0. The molecule has 0 radical (unpaired) electrons. The first-order chi connectivity index (χ1) is 7.35. The van der Waals surface area contributed by atoms with Gasteiger partial charge in [-0.2, -0.15) is 0 Å². The Bertz CT molecular complexity index is 283. The lowest BCUT2D eigenvalue weighted by atomic mass is 9.88. The molecule has 0 aliphatic carbocycles. The summed E-state index contributed by atoms with van der Waals surface area (Å²) in [6.45, 7) is 5.74. The van der Waals surface area contributed by atoms with Crippen molar-refractivity contribution in [3.05, 3.63) is 35.9 Å². The first-order valence-corrected chi connectivity index (χ1v) is 6.14. The van der Waals surface area contributed by atoms with E-state index < -0.39 is 0 Å². The van der Waals surface area contributed by atoms with Gasteiger partial charge in [0.2, 0.25) is 0 Å². The minimum Gasteiger partial charge on any atom is -0.293 e. The van der Waals surface area contributed by atoms with Crippen LogP contribution in [0.3, 0.4) is 0 Å². The first kappa shape index (κ1) is 10.7. The van der Waals surface area contributed by atoms with E-state index >= 15 is 0 Å². The number of nitrogens with zero attached hydrogens (tertiary/aromatic N) is 1. The van der Waals surface area contributed by atoms with E-state index in [4.69, 9.17) is 0 Å². The van der Waals surface area contributed by atoms with E-state index in [1.807, 2.05) is 0 Å². The minimum absolute atomic E-state index is 0.829. The molecule has 2 atom stereocenters. The van der Waals surface area contributed by atoms with Crippen molar-refractivity contribution in [2.45, 2.75) is 51.7 Å². The first-order valence-electron chi connectivity index (χ1n) is 6.14. The molecule has 1 fully saturated rings. The van der Waals surface area contributed by atoms with Crippen LogP contribution in [0.25, 0.3) is 0 Å². The van der Waals surface area contributed by atoms with Gasteiger partial charge in [-0.3, -0.25) is 4.90 Å². The molecular formula is C14H21N. The molecule has 1 nitrogen and oxygen atoms in total. The van der Waals surface area contributed by atoms with Crippen LogP contribution in [0.4, 0.5) is 0 Å². The molecule has 0 unspecified atom stereocenters. The zero-order valence-electron chi connectivity index (χ0n) is 9.82. The van der Waals surface area contributed by atoms with Crippen LogP contribution in [-0.4, -0.2) is 17.0 Å². The molecule has 2 rings (SSSR count). The smallest absolute Gasteiger partial charge is 0.0239 e. The Balaban J connectivity index is 1.98. The van der Waals surface area contributed by atoms with Crippen molar-refractivity contribution in [2.75, 3.05) is 0 Å². The van der Waals surface area contributed by atoms with Crippen LogP contribution < -0.4 is 0 Å². The quantitative estimate of drug-likeness (QED) is 0.724. The van der Waals surface area contributed by atoms with E-state index in [0.29, 0.717) is 0 Å². The third-order valence-electron chi connectivity index (χ3n) is 3.63. The van der Waals surface area contributed by atoms with Gasteiger partial charge in [-0.15, -0.1) is 0 Å². The van der Waals surface area contributed by atoms with Gasteiger partial charge in [0, 0.05) is 18.6 Å². The van der Waals surface area contributed by atoms with Crippen LogP contribution in [0.1, 0.15) is 38.7 Å².